The molecule has 0 aromatic heterocycles. The molecular weight excluding hydrogens is 488 g/mol. The molecule has 2 aliphatic rings. The van der Waals surface area contributed by atoms with Gasteiger partial charge in [-0.1, -0.05) is 60.7 Å². The monoisotopic (exact) mass is 526 g/mol. The van der Waals surface area contributed by atoms with Crippen LogP contribution in [0.15, 0.2) is 66.7 Å². The molecule has 39 heavy (non-hydrogen) atoms. The van der Waals surface area contributed by atoms with Crippen LogP contribution in [0.3, 0.4) is 0 Å². The lowest BCUT2D eigenvalue weighted by Gasteiger charge is -2.41. The molecule has 2 fully saturated rings. The number of fused-ring (bicyclic) bond motifs is 1. The predicted octanol–water partition coefficient (Wildman–Crippen LogP) is 3.99. The van der Waals surface area contributed by atoms with Crippen molar-refractivity contribution in [3.63, 3.8) is 0 Å². The Balaban J connectivity index is 1.42. The van der Waals surface area contributed by atoms with Crippen molar-refractivity contribution in [1.82, 2.24) is 14.7 Å². The lowest BCUT2D eigenvalue weighted by atomic mass is 9.68. The van der Waals surface area contributed by atoms with E-state index in [1.54, 1.807) is 14.0 Å². The number of morpholine rings is 1. The van der Waals surface area contributed by atoms with Crippen molar-refractivity contribution in [3.8, 4) is 11.8 Å². The summed E-state index contributed by atoms with van der Waals surface area (Å²) in [5.74, 6) is 0.0518. The lowest BCUT2D eigenvalue weighted by Crippen LogP contribution is -2.54. The molecule has 2 heterocycles. The van der Waals surface area contributed by atoms with Crippen LogP contribution in [-0.2, 0) is 9.53 Å². The van der Waals surface area contributed by atoms with E-state index >= 15 is 0 Å². The summed E-state index contributed by atoms with van der Waals surface area (Å²) in [7, 11) is 1.64. The molecule has 0 spiro atoms. The zero-order valence-corrected chi connectivity index (χ0v) is 23.0. The standard InChI is InChI=1S/C32H38N4O3/c1-32(24-33,31(37)36-18-16-34(17-19-36)14-15-35-20-22-39-23-21-35)30(28-11-5-6-13-29(28)38-2)27-12-7-9-25-8-3-4-10-26(25)27/h3-13,30H,14-23H2,1-2H3/t30-,32+/m0/s1. The van der Waals surface area contributed by atoms with E-state index in [1.165, 1.54) is 0 Å². The van der Waals surface area contributed by atoms with Gasteiger partial charge in [-0.05, 0) is 29.3 Å². The number of methoxy groups -OCH3 is 1. The van der Waals surface area contributed by atoms with Gasteiger partial charge in [0.15, 0.2) is 0 Å². The highest BCUT2D eigenvalue weighted by Gasteiger charge is 2.47. The lowest BCUT2D eigenvalue weighted by molar-refractivity contribution is -0.140. The number of carbonyl (C=O) groups excluding carboxylic acids is 1. The van der Waals surface area contributed by atoms with Crippen LogP contribution in [0.25, 0.3) is 10.8 Å². The third-order valence-electron chi connectivity index (χ3n) is 8.33. The summed E-state index contributed by atoms with van der Waals surface area (Å²) < 4.78 is 11.2. The van der Waals surface area contributed by atoms with Crippen LogP contribution in [0.4, 0.5) is 0 Å². The van der Waals surface area contributed by atoms with Gasteiger partial charge in [-0.2, -0.15) is 5.26 Å². The second-order valence-corrected chi connectivity index (χ2v) is 10.6. The van der Waals surface area contributed by atoms with Crippen molar-refractivity contribution in [2.24, 2.45) is 5.41 Å². The first-order valence-electron chi connectivity index (χ1n) is 13.9. The summed E-state index contributed by atoms with van der Waals surface area (Å²) in [5, 5.41) is 12.9. The first-order valence-corrected chi connectivity index (χ1v) is 13.9. The summed E-state index contributed by atoms with van der Waals surface area (Å²) in [4.78, 5) is 21.1. The summed E-state index contributed by atoms with van der Waals surface area (Å²) in [5.41, 5.74) is 0.478. The van der Waals surface area contributed by atoms with Gasteiger partial charge in [0, 0.05) is 63.8 Å². The molecule has 5 rings (SSSR count). The average molecular weight is 527 g/mol. The molecule has 0 N–H and O–H groups in total. The fourth-order valence-electron chi connectivity index (χ4n) is 6.04. The van der Waals surface area contributed by atoms with Crippen LogP contribution >= 0.6 is 0 Å². The molecule has 0 saturated carbocycles. The van der Waals surface area contributed by atoms with Gasteiger partial charge in [-0.25, -0.2) is 0 Å². The molecule has 2 atom stereocenters. The number of benzene rings is 3. The average Bonchev–Trinajstić information content (AvgIpc) is 3.00. The van der Waals surface area contributed by atoms with Crippen molar-refractivity contribution < 1.29 is 14.3 Å². The molecule has 0 radical (unpaired) electrons. The summed E-state index contributed by atoms with van der Waals surface area (Å²) in [6.07, 6.45) is 0. The maximum absolute atomic E-state index is 14.3. The van der Waals surface area contributed by atoms with Crippen LogP contribution in [0.2, 0.25) is 0 Å². The van der Waals surface area contributed by atoms with E-state index in [0.29, 0.717) is 18.8 Å². The van der Waals surface area contributed by atoms with Gasteiger partial charge in [-0.3, -0.25) is 14.6 Å². The maximum Gasteiger partial charge on any atom is 0.243 e. The van der Waals surface area contributed by atoms with Crippen molar-refractivity contribution in [3.05, 3.63) is 77.9 Å². The number of hydrogen-bond donors (Lipinski definition) is 0. The van der Waals surface area contributed by atoms with Crippen molar-refractivity contribution >= 4 is 16.7 Å². The van der Waals surface area contributed by atoms with Crippen LogP contribution in [-0.4, -0.2) is 93.3 Å². The van der Waals surface area contributed by atoms with Gasteiger partial charge < -0.3 is 14.4 Å². The molecule has 2 aliphatic heterocycles. The van der Waals surface area contributed by atoms with Gasteiger partial charge >= 0.3 is 0 Å². The third-order valence-corrected chi connectivity index (χ3v) is 8.33. The molecule has 0 aliphatic carbocycles. The molecule has 0 bridgehead atoms. The van der Waals surface area contributed by atoms with Crippen LogP contribution in [0.1, 0.15) is 24.0 Å². The number of amides is 1. The van der Waals surface area contributed by atoms with Crippen LogP contribution in [0, 0.1) is 16.7 Å². The number of ether oxygens (including phenoxy) is 2. The largest absolute Gasteiger partial charge is 0.496 e. The van der Waals surface area contributed by atoms with E-state index in [4.69, 9.17) is 9.47 Å². The summed E-state index contributed by atoms with van der Waals surface area (Å²) in [6, 6.07) is 24.5. The zero-order valence-electron chi connectivity index (χ0n) is 23.0. The minimum absolute atomic E-state index is 0.123. The van der Waals surface area contributed by atoms with Gasteiger partial charge in [0.05, 0.1) is 26.4 Å². The second-order valence-electron chi connectivity index (χ2n) is 10.6. The quantitative estimate of drug-likeness (QED) is 0.442. The molecule has 3 aromatic rings. The first kappa shape index (κ1) is 27.1. The van der Waals surface area contributed by atoms with Gasteiger partial charge in [0.1, 0.15) is 11.2 Å². The Morgan fingerprint density at radius 1 is 0.897 bits per heavy atom. The first-order chi connectivity index (χ1) is 19.0. The zero-order chi connectivity index (χ0) is 27.2. The topological polar surface area (TPSA) is 69.0 Å². The smallest absolute Gasteiger partial charge is 0.243 e. The van der Waals surface area contributed by atoms with Crippen molar-refractivity contribution in [2.45, 2.75) is 12.8 Å². The second kappa shape index (κ2) is 12.2. The fourth-order valence-corrected chi connectivity index (χ4v) is 6.04. The van der Waals surface area contributed by atoms with E-state index in [-0.39, 0.29) is 5.91 Å². The Morgan fingerprint density at radius 3 is 2.23 bits per heavy atom. The molecule has 2 saturated heterocycles. The normalized spacial score (nSPS) is 19.3. The number of para-hydroxylation sites is 1. The number of carbonyl (C=O) groups is 1. The van der Waals surface area contributed by atoms with Crippen molar-refractivity contribution in [2.75, 3.05) is 72.7 Å². The minimum atomic E-state index is -1.32. The van der Waals surface area contributed by atoms with E-state index in [9.17, 15) is 10.1 Å². The van der Waals surface area contributed by atoms with Gasteiger partial charge in [-0.15, -0.1) is 0 Å². The van der Waals surface area contributed by atoms with Crippen molar-refractivity contribution in [1.29, 1.82) is 5.26 Å². The molecular formula is C32H38N4O3. The molecule has 7 nitrogen and oxygen atoms in total. The van der Waals surface area contributed by atoms with Crippen LogP contribution < -0.4 is 4.74 Å². The molecule has 1 amide bonds. The van der Waals surface area contributed by atoms with Gasteiger partial charge in [0.25, 0.3) is 0 Å². The van der Waals surface area contributed by atoms with E-state index in [1.807, 2.05) is 53.4 Å². The fraction of sp³-hybridized carbons (Fsp3) is 0.438. The van der Waals surface area contributed by atoms with Gasteiger partial charge in [0.2, 0.25) is 5.91 Å². The molecule has 0 unspecified atom stereocenters. The highest BCUT2D eigenvalue weighted by atomic mass is 16.5. The predicted molar refractivity (Wildman–Crippen MR) is 153 cm³/mol. The Morgan fingerprint density at radius 2 is 1.51 bits per heavy atom. The minimum Gasteiger partial charge on any atom is -0.496 e. The van der Waals surface area contributed by atoms with E-state index < -0.39 is 11.3 Å². The highest BCUT2D eigenvalue weighted by Crippen LogP contribution is 2.47. The SMILES string of the molecule is COc1ccccc1[C@H](c1cccc2ccccc12)[C@@](C)(C#N)C(=O)N1CCN(CCN2CCOCC2)CC1. The summed E-state index contributed by atoms with van der Waals surface area (Å²) >= 11 is 0. The Kier molecular flexibility index (Phi) is 8.47. The highest BCUT2D eigenvalue weighted by molar-refractivity contribution is 5.91. The molecule has 3 aromatic carbocycles. The summed E-state index contributed by atoms with van der Waals surface area (Å²) in [6.45, 7) is 10.2. The number of nitrogens with zero attached hydrogens (tertiary/aromatic N) is 4. The van der Waals surface area contributed by atoms with E-state index in [2.05, 4.69) is 34.1 Å². The maximum atomic E-state index is 14.3. The third kappa shape index (κ3) is 5.65. The van der Waals surface area contributed by atoms with Crippen LogP contribution in [0.5, 0.6) is 5.75 Å². The molecule has 7 heteroatoms. The number of rotatable bonds is 8. The number of nitriles is 1. The number of piperazine rings is 1. The Hall–Kier alpha value is -3.44. The van der Waals surface area contributed by atoms with E-state index in [0.717, 1.165) is 74.4 Å². The Bertz CT molecular complexity index is 1320. The number of hydrogen-bond acceptors (Lipinski definition) is 6. The Labute approximate surface area is 231 Å². The molecule has 204 valence electrons.